The second-order valence-corrected chi connectivity index (χ2v) is 3.48. The number of pyridine rings is 1. The fourth-order valence-corrected chi connectivity index (χ4v) is 1.42. The Kier molecular flexibility index (Phi) is 3.42. The number of hydrogen-bond donors (Lipinski definition) is 1. The van der Waals surface area contributed by atoms with Gasteiger partial charge in [-0.2, -0.15) is 4.98 Å². The maximum Gasteiger partial charge on any atom is 0.405 e. The molecule has 0 saturated heterocycles. The summed E-state index contributed by atoms with van der Waals surface area (Å²) in [6, 6.07) is 0. The zero-order chi connectivity index (χ0) is 10.9. The molecule has 0 aliphatic carbocycles. The van der Waals surface area contributed by atoms with Crippen molar-refractivity contribution in [3.05, 3.63) is 20.9 Å². The van der Waals surface area contributed by atoms with Gasteiger partial charge in [0.25, 0.3) is 5.15 Å². The number of ether oxygens (including phenoxy) is 1. The van der Waals surface area contributed by atoms with E-state index < -0.39 is 5.97 Å². The molecule has 0 aliphatic rings. The first kappa shape index (κ1) is 11.4. The van der Waals surface area contributed by atoms with Crippen molar-refractivity contribution in [3.63, 3.8) is 0 Å². The number of carbonyl (C=O) groups is 1. The Hall–Kier alpha value is -0.710. The number of hydrogen-bond acceptors (Lipinski definition) is 3. The SMILES string of the molecule is COC(=O)c1[nH+]c(Cl)c(Cl)c(N)c1Cl. The molecule has 0 atom stereocenters. The minimum atomic E-state index is -0.666. The molecule has 0 aromatic carbocycles. The predicted octanol–water partition coefficient (Wildman–Crippen LogP) is 1.83. The van der Waals surface area contributed by atoms with Crippen LogP contribution < -0.4 is 10.7 Å². The molecule has 1 aromatic heterocycles. The second-order valence-electron chi connectivity index (χ2n) is 2.35. The third kappa shape index (κ3) is 1.87. The van der Waals surface area contributed by atoms with Crippen molar-refractivity contribution in [2.24, 2.45) is 0 Å². The van der Waals surface area contributed by atoms with E-state index in [0.29, 0.717) is 0 Å². The Morgan fingerprint density at radius 2 is 1.93 bits per heavy atom. The van der Waals surface area contributed by atoms with Gasteiger partial charge in [-0.3, -0.25) is 0 Å². The molecule has 0 spiro atoms. The van der Waals surface area contributed by atoms with Gasteiger partial charge >= 0.3 is 11.7 Å². The molecule has 14 heavy (non-hydrogen) atoms. The van der Waals surface area contributed by atoms with Crippen molar-refractivity contribution in [2.45, 2.75) is 0 Å². The highest BCUT2D eigenvalue weighted by molar-refractivity contribution is 6.45. The largest absolute Gasteiger partial charge is 0.461 e. The lowest BCUT2D eigenvalue weighted by atomic mass is 10.3. The molecule has 76 valence electrons. The van der Waals surface area contributed by atoms with Crippen molar-refractivity contribution >= 4 is 46.5 Å². The first-order valence-electron chi connectivity index (χ1n) is 3.42. The summed E-state index contributed by atoms with van der Waals surface area (Å²) >= 11 is 17.1. The van der Waals surface area contributed by atoms with Crippen LogP contribution in [0, 0.1) is 0 Å². The minimum Gasteiger partial charge on any atom is -0.461 e. The van der Waals surface area contributed by atoms with E-state index in [2.05, 4.69) is 9.72 Å². The van der Waals surface area contributed by atoms with E-state index in [1.165, 1.54) is 7.11 Å². The standard InChI is InChI=1S/C7H5Cl3N2O2/c1-14-7(13)5-2(8)4(11)3(9)6(10)12-5/h1H3,(H2,11,12)/p+1. The average molecular weight is 256 g/mol. The van der Waals surface area contributed by atoms with E-state index in [0.717, 1.165) is 0 Å². The Labute approximate surface area is 94.9 Å². The number of carbonyl (C=O) groups excluding carboxylic acids is 1. The highest BCUT2D eigenvalue weighted by Gasteiger charge is 2.26. The smallest absolute Gasteiger partial charge is 0.405 e. The number of nitrogens with two attached hydrogens (primary N) is 1. The molecule has 0 radical (unpaired) electrons. The molecule has 3 N–H and O–H groups in total. The van der Waals surface area contributed by atoms with Crippen LogP contribution in [0.5, 0.6) is 0 Å². The summed E-state index contributed by atoms with van der Waals surface area (Å²) in [6.45, 7) is 0. The van der Waals surface area contributed by atoms with Crippen LogP contribution in [-0.4, -0.2) is 13.1 Å². The Morgan fingerprint density at radius 3 is 2.43 bits per heavy atom. The number of H-pyrrole nitrogens is 1. The number of nitrogens with one attached hydrogen (secondary N) is 1. The topological polar surface area (TPSA) is 66.5 Å². The lowest BCUT2D eigenvalue weighted by molar-refractivity contribution is -0.380. The molecular formula is C7H6Cl3N2O2+. The number of halogens is 3. The molecule has 1 heterocycles. The quantitative estimate of drug-likeness (QED) is 0.616. The lowest BCUT2D eigenvalue weighted by Crippen LogP contribution is -2.21. The number of aromatic nitrogens is 1. The highest BCUT2D eigenvalue weighted by Crippen LogP contribution is 2.32. The molecule has 0 bridgehead atoms. The van der Waals surface area contributed by atoms with Crippen molar-refractivity contribution in [2.75, 3.05) is 12.8 Å². The summed E-state index contributed by atoms with van der Waals surface area (Å²) in [4.78, 5) is 13.6. The number of rotatable bonds is 1. The van der Waals surface area contributed by atoms with Gasteiger partial charge in [-0.1, -0.05) is 23.2 Å². The van der Waals surface area contributed by atoms with Crippen LogP contribution in [-0.2, 0) is 4.74 Å². The van der Waals surface area contributed by atoms with Gasteiger partial charge in [0.05, 0.1) is 12.8 Å². The molecule has 0 unspecified atom stereocenters. The van der Waals surface area contributed by atoms with Gasteiger partial charge in [-0.15, -0.1) is 0 Å². The zero-order valence-corrected chi connectivity index (χ0v) is 9.30. The van der Waals surface area contributed by atoms with Crippen LogP contribution in [0.15, 0.2) is 0 Å². The fourth-order valence-electron chi connectivity index (χ4n) is 0.811. The summed E-state index contributed by atoms with van der Waals surface area (Å²) < 4.78 is 4.46. The van der Waals surface area contributed by atoms with Gasteiger partial charge in [0.15, 0.2) is 0 Å². The molecule has 1 rings (SSSR count). The maximum absolute atomic E-state index is 11.2. The van der Waals surface area contributed by atoms with E-state index >= 15 is 0 Å². The maximum atomic E-state index is 11.2. The third-order valence-electron chi connectivity index (χ3n) is 1.51. The van der Waals surface area contributed by atoms with Crippen LogP contribution in [0.4, 0.5) is 5.69 Å². The molecule has 0 fully saturated rings. The highest BCUT2D eigenvalue weighted by atomic mass is 35.5. The first-order chi connectivity index (χ1) is 6.49. The van der Waals surface area contributed by atoms with Gasteiger partial charge in [0.2, 0.25) is 0 Å². The van der Waals surface area contributed by atoms with E-state index in [1.54, 1.807) is 0 Å². The van der Waals surface area contributed by atoms with E-state index in [1.807, 2.05) is 0 Å². The molecule has 0 aliphatic heterocycles. The molecule has 4 nitrogen and oxygen atoms in total. The fraction of sp³-hybridized carbons (Fsp3) is 0.143. The van der Waals surface area contributed by atoms with Crippen molar-refractivity contribution in [1.82, 2.24) is 0 Å². The summed E-state index contributed by atoms with van der Waals surface area (Å²) in [5.74, 6) is -0.666. The van der Waals surface area contributed by atoms with E-state index in [9.17, 15) is 4.79 Å². The second kappa shape index (κ2) is 4.21. The number of aromatic amines is 1. The van der Waals surface area contributed by atoms with Gasteiger partial charge < -0.3 is 10.5 Å². The predicted molar refractivity (Wildman–Crippen MR) is 53.8 cm³/mol. The van der Waals surface area contributed by atoms with Crippen LogP contribution in [0.1, 0.15) is 10.5 Å². The van der Waals surface area contributed by atoms with Gasteiger partial charge in [0, 0.05) is 0 Å². The van der Waals surface area contributed by atoms with E-state index in [-0.39, 0.29) is 26.6 Å². The van der Waals surface area contributed by atoms with Crippen LogP contribution in [0.25, 0.3) is 0 Å². The number of esters is 1. The monoisotopic (exact) mass is 255 g/mol. The summed E-state index contributed by atoms with van der Waals surface area (Å²) in [6.07, 6.45) is 0. The van der Waals surface area contributed by atoms with Crippen LogP contribution in [0.2, 0.25) is 15.2 Å². The normalized spacial score (nSPS) is 10.0. The van der Waals surface area contributed by atoms with Crippen LogP contribution >= 0.6 is 34.8 Å². The number of methoxy groups -OCH3 is 1. The Morgan fingerprint density at radius 1 is 1.36 bits per heavy atom. The summed E-state index contributed by atoms with van der Waals surface area (Å²) in [7, 11) is 1.21. The molecular weight excluding hydrogens is 250 g/mol. The number of nitrogen functional groups attached to an aromatic ring is 1. The Bertz CT molecular complexity index is 395. The van der Waals surface area contributed by atoms with Crippen molar-refractivity contribution in [1.29, 1.82) is 0 Å². The van der Waals surface area contributed by atoms with Crippen molar-refractivity contribution in [3.8, 4) is 0 Å². The van der Waals surface area contributed by atoms with Gasteiger partial charge in [0.1, 0.15) is 10.0 Å². The molecule has 1 aromatic rings. The van der Waals surface area contributed by atoms with Crippen molar-refractivity contribution < 1.29 is 14.5 Å². The van der Waals surface area contributed by atoms with Gasteiger partial charge in [-0.05, 0) is 11.6 Å². The zero-order valence-electron chi connectivity index (χ0n) is 7.03. The molecule has 0 amide bonds. The third-order valence-corrected chi connectivity index (χ3v) is 2.67. The minimum absolute atomic E-state index is 0.00810. The first-order valence-corrected chi connectivity index (χ1v) is 4.56. The summed E-state index contributed by atoms with van der Waals surface area (Å²) in [5, 5.41) is 0.101. The van der Waals surface area contributed by atoms with E-state index in [4.69, 9.17) is 40.5 Å². The lowest BCUT2D eigenvalue weighted by Gasteiger charge is -2.01. The number of anilines is 1. The van der Waals surface area contributed by atoms with Crippen LogP contribution in [0.3, 0.4) is 0 Å². The van der Waals surface area contributed by atoms with Gasteiger partial charge in [-0.25, -0.2) is 4.79 Å². The Balaban J connectivity index is 3.40. The summed E-state index contributed by atoms with van der Waals surface area (Å²) in [5.41, 5.74) is 5.51. The average Bonchev–Trinajstić information content (AvgIpc) is 2.19. The molecule has 0 saturated carbocycles. The molecule has 7 heteroatoms.